The van der Waals surface area contributed by atoms with E-state index in [2.05, 4.69) is 10.2 Å². The number of hydrogen-bond donors (Lipinski definition) is 1. The summed E-state index contributed by atoms with van der Waals surface area (Å²) < 4.78 is 5.20. The first-order chi connectivity index (χ1) is 13.5. The maximum Gasteiger partial charge on any atom is 0.312 e. The van der Waals surface area contributed by atoms with Crippen molar-refractivity contribution in [3.8, 4) is 0 Å². The lowest BCUT2D eigenvalue weighted by molar-refractivity contribution is -0.147. The molecule has 0 unspecified atom stereocenters. The zero-order valence-electron chi connectivity index (χ0n) is 15.3. The molecule has 1 aliphatic heterocycles. The van der Waals surface area contributed by atoms with Gasteiger partial charge in [0.2, 0.25) is 0 Å². The number of para-hydroxylation sites is 1. The first-order valence-electron chi connectivity index (χ1n) is 9.06. The highest BCUT2D eigenvalue weighted by Gasteiger charge is 2.31. The van der Waals surface area contributed by atoms with Gasteiger partial charge in [-0.15, -0.1) is 0 Å². The normalized spacial score (nSPS) is 15.5. The number of ether oxygens (including phenoxy) is 1. The first kappa shape index (κ1) is 17.9. The highest BCUT2D eigenvalue weighted by atomic mass is 16.5. The topological polar surface area (TPSA) is 92.4 Å². The number of esters is 1. The highest BCUT2D eigenvalue weighted by Crippen LogP contribution is 2.31. The summed E-state index contributed by atoms with van der Waals surface area (Å²) in [4.78, 5) is 38.4. The molecule has 0 bridgehead atoms. The van der Waals surface area contributed by atoms with Crippen LogP contribution in [0.4, 0.5) is 5.69 Å². The van der Waals surface area contributed by atoms with E-state index in [1.807, 2.05) is 31.2 Å². The molecule has 0 saturated heterocycles. The van der Waals surface area contributed by atoms with Crippen LogP contribution in [0.1, 0.15) is 18.2 Å². The van der Waals surface area contributed by atoms with Gasteiger partial charge in [-0.1, -0.05) is 36.4 Å². The average molecular weight is 377 g/mol. The lowest BCUT2D eigenvalue weighted by Gasteiger charge is -2.22. The number of nitrogens with zero attached hydrogens (tertiary/aromatic N) is 2. The summed E-state index contributed by atoms with van der Waals surface area (Å²) in [5.41, 5.74) is 2.07. The van der Waals surface area contributed by atoms with Crippen LogP contribution in [0.15, 0.2) is 53.3 Å². The molecule has 0 radical (unpaired) electrons. The molecule has 2 aromatic carbocycles. The van der Waals surface area contributed by atoms with Gasteiger partial charge in [0.25, 0.3) is 11.5 Å². The van der Waals surface area contributed by atoms with Gasteiger partial charge in [-0.05, 0) is 31.0 Å². The van der Waals surface area contributed by atoms with E-state index < -0.39 is 5.97 Å². The molecule has 4 rings (SSSR count). The molecule has 1 amide bonds. The van der Waals surface area contributed by atoms with E-state index >= 15 is 0 Å². The Morgan fingerprint density at radius 1 is 1.14 bits per heavy atom. The summed E-state index contributed by atoms with van der Waals surface area (Å²) >= 11 is 0. The summed E-state index contributed by atoms with van der Waals surface area (Å²) in [5.74, 6) is -0.830. The van der Waals surface area contributed by atoms with Crippen LogP contribution in [-0.2, 0) is 27.2 Å². The number of carbonyl (C=O) groups excluding carboxylic acids is 2. The van der Waals surface area contributed by atoms with Crippen LogP contribution >= 0.6 is 0 Å². The van der Waals surface area contributed by atoms with E-state index in [0.717, 1.165) is 17.7 Å². The Balaban J connectivity index is 1.44. The summed E-state index contributed by atoms with van der Waals surface area (Å²) in [6, 6.07) is 14.7. The summed E-state index contributed by atoms with van der Waals surface area (Å²) in [5, 5.41) is 7.40. The molecule has 3 aromatic rings. The molecule has 142 valence electrons. The largest absolute Gasteiger partial charge is 0.455 e. The van der Waals surface area contributed by atoms with Crippen LogP contribution < -0.4 is 10.5 Å². The molecule has 7 heteroatoms. The van der Waals surface area contributed by atoms with E-state index in [4.69, 9.17) is 4.74 Å². The second kappa shape index (κ2) is 7.26. The number of anilines is 1. The van der Waals surface area contributed by atoms with E-state index in [9.17, 15) is 14.4 Å². The van der Waals surface area contributed by atoms with Crippen molar-refractivity contribution >= 4 is 28.3 Å². The Kier molecular flexibility index (Phi) is 4.65. The smallest absolute Gasteiger partial charge is 0.312 e. The number of rotatable bonds is 4. The van der Waals surface area contributed by atoms with E-state index in [0.29, 0.717) is 16.5 Å². The summed E-state index contributed by atoms with van der Waals surface area (Å²) in [6.07, 6.45) is 0.653. The minimum atomic E-state index is -0.571. The average Bonchev–Trinajstić information content (AvgIpc) is 3.04. The van der Waals surface area contributed by atoms with Crippen molar-refractivity contribution < 1.29 is 14.3 Å². The molecule has 1 aliphatic rings. The molecular weight excluding hydrogens is 358 g/mol. The van der Waals surface area contributed by atoms with Crippen molar-refractivity contribution in [2.24, 2.45) is 0 Å². The van der Waals surface area contributed by atoms with Gasteiger partial charge >= 0.3 is 5.97 Å². The quantitative estimate of drug-likeness (QED) is 0.702. The number of amides is 1. The van der Waals surface area contributed by atoms with Crippen molar-refractivity contribution in [3.63, 3.8) is 0 Å². The molecule has 0 aliphatic carbocycles. The van der Waals surface area contributed by atoms with Gasteiger partial charge in [0.15, 0.2) is 6.61 Å². The Bertz CT molecular complexity index is 1120. The zero-order valence-corrected chi connectivity index (χ0v) is 15.3. The molecule has 0 saturated carbocycles. The maximum absolute atomic E-state index is 12.6. The third kappa shape index (κ3) is 3.26. The van der Waals surface area contributed by atoms with Crippen LogP contribution in [-0.4, -0.2) is 34.7 Å². The second-order valence-electron chi connectivity index (χ2n) is 6.83. The summed E-state index contributed by atoms with van der Waals surface area (Å²) in [7, 11) is 0. The van der Waals surface area contributed by atoms with Gasteiger partial charge in [0.05, 0.1) is 17.5 Å². The van der Waals surface area contributed by atoms with Gasteiger partial charge in [0.1, 0.15) is 0 Å². The fourth-order valence-electron chi connectivity index (χ4n) is 3.65. The lowest BCUT2D eigenvalue weighted by atomic mass is 10.1. The van der Waals surface area contributed by atoms with Crippen molar-refractivity contribution in [3.05, 3.63) is 70.1 Å². The van der Waals surface area contributed by atoms with Crippen LogP contribution in [0.5, 0.6) is 0 Å². The van der Waals surface area contributed by atoms with Crippen LogP contribution in [0.25, 0.3) is 10.8 Å². The van der Waals surface area contributed by atoms with Crippen LogP contribution in [0, 0.1) is 0 Å². The maximum atomic E-state index is 12.6. The van der Waals surface area contributed by atoms with Gasteiger partial charge in [0, 0.05) is 17.1 Å². The number of aromatic nitrogens is 2. The minimum absolute atomic E-state index is 0.0217. The molecule has 1 atom stereocenters. The number of nitrogens with one attached hydrogen (secondary N) is 1. The predicted molar refractivity (Wildman–Crippen MR) is 104 cm³/mol. The Labute approximate surface area is 160 Å². The Morgan fingerprint density at radius 2 is 1.86 bits per heavy atom. The van der Waals surface area contributed by atoms with Crippen LogP contribution in [0.2, 0.25) is 0 Å². The van der Waals surface area contributed by atoms with E-state index in [1.54, 1.807) is 29.2 Å². The van der Waals surface area contributed by atoms with E-state index in [-0.39, 0.29) is 30.5 Å². The lowest BCUT2D eigenvalue weighted by Crippen LogP contribution is -2.38. The van der Waals surface area contributed by atoms with Crippen molar-refractivity contribution in [2.75, 3.05) is 11.5 Å². The monoisotopic (exact) mass is 377 g/mol. The number of H-pyrrole nitrogens is 1. The molecule has 28 heavy (non-hydrogen) atoms. The van der Waals surface area contributed by atoms with Gasteiger partial charge in [-0.2, -0.15) is 5.10 Å². The highest BCUT2D eigenvalue weighted by molar-refractivity contribution is 5.98. The number of benzene rings is 2. The SMILES string of the molecule is C[C@@H]1Cc2ccccc2N1C(=O)COC(=O)Cc1n[nH]c(=O)c2ccccc12. The number of carbonyl (C=O) groups is 2. The molecule has 2 heterocycles. The Hall–Kier alpha value is -3.48. The summed E-state index contributed by atoms with van der Waals surface area (Å²) in [6.45, 7) is 1.63. The van der Waals surface area contributed by atoms with Crippen molar-refractivity contribution in [2.45, 2.75) is 25.8 Å². The molecule has 1 aromatic heterocycles. The predicted octanol–water partition coefficient (Wildman–Crippen LogP) is 1.99. The second-order valence-corrected chi connectivity index (χ2v) is 6.83. The van der Waals surface area contributed by atoms with E-state index in [1.165, 1.54) is 0 Å². The first-order valence-corrected chi connectivity index (χ1v) is 9.06. The van der Waals surface area contributed by atoms with Crippen molar-refractivity contribution in [1.82, 2.24) is 10.2 Å². The van der Waals surface area contributed by atoms with Crippen LogP contribution in [0.3, 0.4) is 0 Å². The molecule has 1 N–H and O–H groups in total. The molecule has 0 fully saturated rings. The number of fused-ring (bicyclic) bond motifs is 2. The minimum Gasteiger partial charge on any atom is -0.455 e. The fourth-order valence-corrected chi connectivity index (χ4v) is 3.65. The van der Waals surface area contributed by atoms with Crippen molar-refractivity contribution in [1.29, 1.82) is 0 Å². The fraction of sp³-hybridized carbons (Fsp3) is 0.238. The van der Waals surface area contributed by atoms with Gasteiger partial charge < -0.3 is 9.64 Å². The zero-order chi connectivity index (χ0) is 19.7. The molecule has 0 spiro atoms. The number of aromatic amines is 1. The third-order valence-electron chi connectivity index (χ3n) is 4.92. The number of hydrogen-bond acceptors (Lipinski definition) is 5. The molecule has 7 nitrogen and oxygen atoms in total. The van der Waals surface area contributed by atoms with Gasteiger partial charge in [-0.3, -0.25) is 14.4 Å². The third-order valence-corrected chi connectivity index (χ3v) is 4.92. The Morgan fingerprint density at radius 3 is 2.68 bits per heavy atom. The van der Waals surface area contributed by atoms with Gasteiger partial charge in [-0.25, -0.2) is 5.10 Å². The molecular formula is C21H19N3O4. The standard InChI is InChI=1S/C21H19N3O4/c1-13-10-14-6-2-5-9-18(14)24(13)19(25)12-28-20(26)11-17-15-7-3-4-8-16(15)21(27)23-22-17/h2-9,13H,10-12H2,1H3,(H,23,27)/t13-/m1/s1.